The number of hydrogen-bond acceptors (Lipinski definition) is 9. The van der Waals surface area contributed by atoms with Crippen molar-refractivity contribution >= 4 is 39.2 Å². The van der Waals surface area contributed by atoms with E-state index < -0.39 is 21.7 Å². The quantitative estimate of drug-likeness (QED) is 0.319. The number of benzene rings is 1. The van der Waals surface area contributed by atoms with E-state index in [2.05, 4.69) is 32.3 Å². The van der Waals surface area contributed by atoms with Gasteiger partial charge in [-0.2, -0.15) is 0 Å². The minimum absolute atomic E-state index is 0.0511. The number of alkyl carbamates (subject to hydrolysis) is 1. The molecular formula is C30H45N5O6S2. The Balaban J connectivity index is 1.43. The molecule has 2 aliphatic rings. The van der Waals surface area contributed by atoms with Crippen molar-refractivity contribution in [1.29, 1.82) is 0 Å². The molecule has 4 rings (SSSR count). The Labute approximate surface area is 259 Å². The summed E-state index contributed by atoms with van der Waals surface area (Å²) >= 11 is 1.47. The van der Waals surface area contributed by atoms with Crippen LogP contribution in [-0.2, 0) is 19.5 Å². The van der Waals surface area contributed by atoms with Crippen molar-refractivity contribution in [1.82, 2.24) is 19.9 Å². The maximum atomic E-state index is 13.5. The van der Waals surface area contributed by atoms with Crippen LogP contribution in [0.15, 0.2) is 29.3 Å². The molecule has 238 valence electrons. The Bertz CT molecular complexity index is 1380. The fourth-order valence-corrected chi connectivity index (χ4v) is 8.36. The number of anilines is 1. The highest BCUT2D eigenvalue weighted by atomic mass is 32.2. The Kier molecular flexibility index (Phi) is 10.7. The summed E-state index contributed by atoms with van der Waals surface area (Å²) in [6, 6.07) is 5.16. The van der Waals surface area contributed by atoms with Gasteiger partial charge in [0.25, 0.3) is 0 Å². The normalized spacial score (nSPS) is 21.5. The van der Waals surface area contributed by atoms with Gasteiger partial charge in [0.05, 0.1) is 20.9 Å². The number of nitrogens with zero attached hydrogens (tertiary/aromatic N) is 2. The van der Waals surface area contributed by atoms with Gasteiger partial charge in [0, 0.05) is 41.0 Å². The molecule has 3 N–H and O–H groups in total. The molecule has 1 aromatic carbocycles. The predicted octanol–water partition coefficient (Wildman–Crippen LogP) is 5.69. The van der Waals surface area contributed by atoms with Crippen LogP contribution >= 0.6 is 11.3 Å². The number of ether oxygens (including phenoxy) is 2. The third-order valence-electron chi connectivity index (χ3n) is 7.57. The summed E-state index contributed by atoms with van der Waals surface area (Å²) in [5.74, 6) is 0.222. The summed E-state index contributed by atoms with van der Waals surface area (Å²) in [6.07, 6.45) is 5.94. The van der Waals surface area contributed by atoms with Gasteiger partial charge in [0.15, 0.2) is 0 Å². The van der Waals surface area contributed by atoms with Crippen LogP contribution < -0.4 is 15.4 Å². The van der Waals surface area contributed by atoms with Crippen LogP contribution in [0.4, 0.5) is 15.3 Å². The number of sulfonamides is 1. The monoisotopic (exact) mass is 635 g/mol. The van der Waals surface area contributed by atoms with E-state index in [1.807, 2.05) is 0 Å². The molecule has 2 aromatic rings. The minimum Gasteiger partial charge on any atom is -0.448 e. The van der Waals surface area contributed by atoms with Gasteiger partial charge in [-0.05, 0) is 98.9 Å². The first-order valence-electron chi connectivity index (χ1n) is 15.0. The Hall–Kier alpha value is -2.74. The number of amides is 2. The van der Waals surface area contributed by atoms with Crippen LogP contribution in [0.2, 0.25) is 0 Å². The van der Waals surface area contributed by atoms with E-state index in [9.17, 15) is 18.0 Å². The number of hydrogen-bond donors (Lipinski definition) is 3. The zero-order chi connectivity index (χ0) is 31.4. The van der Waals surface area contributed by atoms with Gasteiger partial charge in [0.1, 0.15) is 6.61 Å². The number of likely N-dealkylation sites (tertiary alicyclic amines) is 1. The molecule has 0 spiro atoms. The molecular weight excluding hydrogens is 590 g/mol. The van der Waals surface area contributed by atoms with E-state index in [1.54, 1.807) is 52.9 Å². The lowest BCUT2D eigenvalue weighted by Crippen LogP contribution is -2.40. The zero-order valence-electron chi connectivity index (χ0n) is 25.9. The second-order valence-electron chi connectivity index (χ2n) is 12.8. The van der Waals surface area contributed by atoms with Crippen molar-refractivity contribution in [3.8, 4) is 10.4 Å². The Morgan fingerprint density at radius 1 is 1.12 bits per heavy atom. The van der Waals surface area contributed by atoms with Crippen LogP contribution in [-0.4, -0.2) is 74.4 Å². The average molecular weight is 636 g/mol. The summed E-state index contributed by atoms with van der Waals surface area (Å²) in [7, 11) is -1.88. The largest absolute Gasteiger partial charge is 0.448 e. The third kappa shape index (κ3) is 9.37. The second-order valence-corrected chi connectivity index (χ2v) is 15.5. The maximum Gasteiger partial charge on any atom is 0.411 e. The van der Waals surface area contributed by atoms with Crippen LogP contribution in [0.3, 0.4) is 0 Å². The molecule has 1 saturated carbocycles. The summed E-state index contributed by atoms with van der Waals surface area (Å²) < 4.78 is 40.4. The number of thiazole rings is 1. The number of rotatable bonds is 9. The van der Waals surface area contributed by atoms with Crippen molar-refractivity contribution < 1.29 is 27.5 Å². The molecule has 43 heavy (non-hydrogen) atoms. The van der Waals surface area contributed by atoms with E-state index in [1.165, 1.54) is 17.4 Å². The van der Waals surface area contributed by atoms with E-state index in [0.717, 1.165) is 55.0 Å². The average Bonchev–Trinajstić information content (AvgIpc) is 3.55. The molecule has 0 bridgehead atoms. The maximum absolute atomic E-state index is 13.5. The summed E-state index contributed by atoms with van der Waals surface area (Å²) in [5.41, 5.74) is 0.114. The summed E-state index contributed by atoms with van der Waals surface area (Å²) in [4.78, 5) is 32.2. The van der Waals surface area contributed by atoms with Crippen molar-refractivity contribution in [2.45, 2.75) is 108 Å². The predicted molar refractivity (Wildman–Crippen MR) is 168 cm³/mol. The van der Waals surface area contributed by atoms with E-state index in [0.29, 0.717) is 23.9 Å². The fourth-order valence-electron chi connectivity index (χ4n) is 5.50. The summed E-state index contributed by atoms with van der Waals surface area (Å²) in [5, 5.41) is 6.58. The molecule has 2 amide bonds. The molecule has 1 aliphatic heterocycles. The first kappa shape index (κ1) is 33.2. The van der Waals surface area contributed by atoms with E-state index >= 15 is 0 Å². The third-order valence-corrected chi connectivity index (χ3v) is 10.6. The molecule has 0 radical (unpaired) electrons. The molecule has 11 nitrogen and oxygen atoms in total. The van der Waals surface area contributed by atoms with Gasteiger partial charge in [-0.15, -0.1) is 11.3 Å². The van der Waals surface area contributed by atoms with Gasteiger partial charge in [-0.3, -0.25) is 5.32 Å². The lowest BCUT2D eigenvalue weighted by atomic mass is 9.86. The highest BCUT2D eigenvalue weighted by Gasteiger charge is 2.30. The molecule has 1 aromatic heterocycles. The molecule has 2 fully saturated rings. The number of carbonyl (C=O) groups excluding carboxylic acids is 2. The van der Waals surface area contributed by atoms with Gasteiger partial charge in [0.2, 0.25) is 10.0 Å². The fraction of sp³-hybridized carbons (Fsp3) is 0.633. The standard InChI is InChI=1S/C30H45N5O6S2/c1-19(2)41-29(37)33-22-13-14-24(26(16-22)43(38,39)34-30(3,4)5)25-17-31-27(42-25)20-9-11-21(12-10-20)32-28(36)40-18-23-8-7-15-35(23)6/h13-14,16-17,19-21,23,34H,7-12,15,18H2,1-6H3,(H,32,36)(H,33,37)/t20?,21?,23-/m0/s1. The lowest BCUT2D eigenvalue weighted by molar-refractivity contribution is 0.110. The number of nitrogens with one attached hydrogen (secondary N) is 3. The van der Waals surface area contributed by atoms with Crippen LogP contribution in [0.1, 0.15) is 84.1 Å². The molecule has 0 unspecified atom stereocenters. The van der Waals surface area contributed by atoms with Crippen molar-refractivity contribution in [2.24, 2.45) is 0 Å². The molecule has 13 heteroatoms. The molecule has 1 aliphatic carbocycles. The first-order chi connectivity index (χ1) is 20.2. The van der Waals surface area contributed by atoms with E-state index in [4.69, 9.17) is 9.47 Å². The number of carbonyl (C=O) groups is 2. The topological polar surface area (TPSA) is 139 Å². The van der Waals surface area contributed by atoms with Crippen molar-refractivity contribution in [2.75, 3.05) is 25.5 Å². The first-order valence-corrected chi connectivity index (χ1v) is 17.3. The molecule has 2 heterocycles. The highest BCUT2D eigenvalue weighted by molar-refractivity contribution is 7.89. The van der Waals surface area contributed by atoms with Gasteiger partial charge in [-0.25, -0.2) is 27.7 Å². The second kappa shape index (κ2) is 13.9. The van der Waals surface area contributed by atoms with Gasteiger partial charge in [-0.1, -0.05) is 6.07 Å². The molecule has 1 atom stereocenters. The van der Waals surface area contributed by atoms with Gasteiger partial charge < -0.3 is 19.7 Å². The minimum atomic E-state index is -3.94. The smallest absolute Gasteiger partial charge is 0.411 e. The number of likely N-dealkylation sites (N-methyl/N-ethyl adjacent to an activating group) is 1. The highest BCUT2D eigenvalue weighted by Crippen LogP contribution is 2.40. The number of aromatic nitrogens is 1. The van der Waals surface area contributed by atoms with Crippen LogP contribution in [0.25, 0.3) is 10.4 Å². The molecule has 1 saturated heterocycles. The SMILES string of the molecule is CC(C)OC(=O)Nc1ccc(-c2cnc(C3CCC(NC(=O)OC[C@@H]4CCCN4C)CC3)s2)c(S(=O)(=O)NC(C)(C)C)c1. The van der Waals surface area contributed by atoms with Crippen molar-refractivity contribution in [3.05, 3.63) is 29.4 Å². The van der Waals surface area contributed by atoms with Crippen LogP contribution in [0.5, 0.6) is 0 Å². The van der Waals surface area contributed by atoms with Crippen LogP contribution in [0, 0.1) is 0 Å². The van der Waals surface area contributed by atoms with Crippen molar-refractivity contribution in [3.63, 3.8) is 0 Å². The summed E-state index contributed by atoms with van der Waals surface area (Å²) in [6.45, 7) is 10.3. The Morgan fingerprint density at radius 3 is 2.47 bits per heavy atom. The van der Waals surface area contributed by atoms with Gasteiger partial charge >= 0.3 is 12.2 Å². The zero-order valence-corrected chi connectivity index (χ0v) is 27.6. The van der Waals surface area contributed by atoms with E-state index in [-0.39, 0.29) is 29.1 Å². The Morgan fingerprint density at radius 2 is 1.84 bits per heavy atom. The lowest BCUT2D eigenvalue weighted by Gasteiger charge is -2.28.